The first kappa shape index (κ1) is 14.3. The van der Waals surface area contributed by atoms with Crippen LogP contribution in [0.25, 0.3) is 10.2 Å². The van der Waals surface area contributed by atoms with Crippen molar-refractivity contribution in [1.29, 1.82) is 0 Å². The summed E-state index contributed by atoms with van der Waals surface area (Å²) in [6, 6.07) is 2.12. The molecule has 2 N–H and O–H groups in total. The van der Waals surface area contributed by atoms with Crippen LogP contribution < -0.4 is 10.6 Å². The summed E-state index contributed by atoms with van der Waals surface area (Å²) >= 11 is 2.88. The van der Waals surface area contributed by atoms with Crippen molar-refractivity contribution in [3.8, 4) is 0 Å². The molecule has 24 heavy (non-hydrogen) atoms. The highest BCUT2D eigenvalue weighted by atomic mass is 32.1. The second kappa shape index (κ2) is 5.22. The smallest absolute Gasteiger partial charge is 0.262 e. The minimum Gasteiger partial charge on any atom is -0.342 e. The maximum atomic E-state index is 12.4. The lowest BCUT2D eigenvalue weighted by Gasteiger charge is -2.33. The molecular formula is C16H15N5OS2. The van der Waals surface area contributed by atoms with Gasteiger partial charge in [0.15, 0.2) is 5.82 Å². The first-order chi connectivity index (χ1) is 11.8. The Morgan fingerprint density at radius 2 is 2.08 bits per heavy atom. The van der Waals surface area contributed by atoms with Crippen LogP contribution in [-0.4, -0.2) is 20.2 Å². The molecule has 5 rings (SSSR count). The van der Waals surface area contributed by atoms with E-state index in [1.54, 1.807) is 6.20 Å². The number of nitrogens with zero attached hydrogens (tertiary/aromatic N) is 3. The highest BCUT2D eigenvalue weighted by Crippen LogP contribution is 2.47. The van der Waals surface area contributed by atoms with Crippen molar-refractivity contribution in [2.45, 2.75) is 37.6 Å². The van der Waals surface area contributed by atoms with Crippen molar-refractivity contribution >= 4 is 49.8 Å². The van der Waals surface area contributed by atoms with Crippen LogP contribution in [0, 0.1) is 0 Å². The minimum absolute atomic E-state index is 0.0653. The quantitative estimate of drug-likeness (QED) is 0.729. The zero-order valence-corrected chi connectivity index (χ0v) is 14.5. The average molecular weight is 357 g/mol. The van der Waals surface area contributed by atoms with Gasteiger partial charge in [0.25, 0.3) is 5.91 Å². The Morgan fingerprint density at radius 3 is 2.96 bits per heavy atom. The lowest BCUT2D eigenvalue weighted by molar-refractivity contribution is 0.0912. The number of aromatic nitrogens is 3. The molecule has 1 spiro atoms. The lowest BCUT2D eigenvalue weighted by Crippen LogP contribution is -2.40. The Balaban J connectivity index is 1.53. The number of carbonyl (C=O) groups is 1. The van der Waals surface area contributed by atoms with Crippen LogP contribution in [0.5, 0.6) is 0 Å². The molecular weight excluding hydrogens is 342 g/mol. The monoisotopic (exact) mass is 357 g/mol. The molecule has 6 nitrogen and oxygen atoms in total. The van der Waals surface area contributed by atoms with E-state index < -0.39 is 0 Å². The van der Waals surface area contributed by atoms with E-state index >= 15 is 0 Å². The minimum atomic E-state index is -0.146. The number of hydrogen-bond acceptors (Lipinski definition) is 7. The van der Waals surface area contributed by atoms with Gasteiger partial charge in [-0.2, -0.15) is 4.37 Å². The van der Waals surface area contributed by atoms with Crippen LogP contribution in [0.2, 0.25) is 0 Å². The average Bonchev–Trinajstić information content (AvgIpc) is 3.27. The molecule has 3 aromatic rings. The Labute approximate surface area is 146 Å². The summed E-state index contributed by atoms with van der Waals surface area (Å²) in [5, 5.41) is 7.56. The van der Waals surface area contributed by atoms with Gasteiger partial charge >= 0.3 is 0 Å². The second-order valence-electron chi connectivity index (χ2n) is 6.34. The number of amides is 1. The van der Waals surface area contributed by atoms with Crippen molar-refractivity contribution < 1.29 is 4.79 Å². The Kier molecular flexibility index (Phi) is 3.11. The summed E-state index contributed by atoms with van der Waals surface area (Å²) in [4.78, 5) is 21.8. The topological polar surface area (TPSA) is 79.8 Å². The molecule has 0 radical (unpaired) electrons. The second-order valence-corrected chi connectivity index (χ2v) is 8.19. The molecule has 1 aliphatic heterocycles. The molecule has 1 saturated carbocycles. The van der Waals surface area contributed by atoms with Crippen LogP contribution >= 0.6 is 22.9 Å². The van der Waals surface area contributed by atoms with Gasteiger partial charge in [-0.05, 0) is 30.4 Å². The van der Waals surface area contributed by atoms with E-state index in [4.69, 9.17) is 0 Å². The molecule has 0 unspecified atom stereocenters. The highest BCUT2D eigenvalue weighted by Gasteiger charge is 2.45. The summed E-state index contributed by atoms with van der Waals surface area (Å²) in [5.41, 5.74) is 1.85. The predicted molar refractivity (Wildman–Crippen MR) is 95.0 cm³/mol. The van der Waals surface area contributed by atoms with Gasteiger partial charge in [-0.25, -0.2) is 9.97 Å². The normalized spacial score (nSPS) is 18.8. The van der Waals surface area contributed by atoms with E-state index in [1.165, 1.54) is 48.5 Å². The Hall–Kier alpha value is -2.06. The van der Waals surface area contributed by atoms with Crippen molar-refractivity contribution in [2.24, 2.45) is 0 Å². The number of nitrogens with one attached hydrogen (secondary N) is 2. The molecule has 0 bridgehead atoms. The van der Waals surface area contributed by atoms with Crippen molar-refractivity contribution in [1.82, 2.24) is 19.7 Å². The number of rotatable bonds is 2. The molecule has 1 aliphatic carbocycles. The van der Waals surface area contributed by atoms with Crippen LogP contribution in [0.3, 0.4) is 0 Å². The largest absolute Gasteiger partial charge is 0.342 e. The third-order valence-electron chi connectivity index (χ3n) is 4.91. The predicted octanol–water partition coefficient (Wildman–Crippen LogP) is 3.79. The van der Waals surface area contributed by atoms with Gasteiger partial charge in [-0.3, -0.25) is 4.79 Å². The number of thiophene rings is 1. The van der Waals surface area contributed by atoms with Crippen LogP contribution in [-0.2, 0) is 5.54 Å². The Bertz CT molecular complexity index is 941. The van der Waals surface area contributed by atoms with Crippen LogP contribution in [0.4, 0.5) is 10.8 Å². The summed E-state index contributed by atoms with van der Waals surface area (Å²) in [6.45, 7) is 0. The molecule has 3 aromatic heterocycles. The molecule has 1 fully saturated rings. The van der Waals surface area contributed by atoms with Gasteiger partial charge in [0.05, 0.1) is 21.6 Å². The van der Waals surface area contributed by atoms with Gasteiger partial charge in [-0.1, -0.05) is 19.3 Å². The SMILES string of the molecule is O=C1NC2(CCCCC2)c2cc(Nc3ncnc4cnsc34)sc21. The summed E-state index contributed by atoms with van der Waals surface area (Å²) in [5.74, 6) is 0.816. The summed E-state index contributed by atoms with van der Waals surface area (Å²) in [7, 11) is 0. The fourth-order valence-corrected chi connectivity index (χ4v) is 5.47. The van der Waals surface area contributed by atoms with E-state index in [1.807, 2.05) is 0 Å². The van der Waals surface area contributed by atoms with Crippen molar-refractivity contribution in [3.05, 3.63) is 29.0 Å². The van der Waals surface area contributed by atoms with Gasteiger partial charge in [0.2, 0.25) is 0 Å². The number of anilines is 2. The zero-order valence-electron chi connectivity index (χ0n) is 12.8. The molecule has 0 saturated heterocycles. The first-order valence-corrected chi connectivity index (χ1v) is 9.63. The van der Waals surface area contributed by atoms with E-state index in [-0.39, 0.29) is 11.4 Å². The van der Waals surface area contributed by atoms with Crippen molar-refractivity contribution in [3.63, 3.8) is 0 Å². The third-order valence-corrected chi connectivity index (χ3v) is 6.75. The fraction of sp³-hybridized carbons (Fsp3) is 0.375. The number of carbonyl (C=O) groups excluding carboxylic acids is 1. The van der Waals surface area contributed by atoms with E-state index in [2.05, 4.69) is 31.0 Å². The summed E-state index contributed by atoms with van der Waals surface area (Å²) in [6.07, 6.45) is 8.95. The number of hydrogen-bond donors (Lipinski definition) is 2. The van der Waals surface area contributed by atoms with E-state index in [0.29, 0.717) is 0 Å². The molecule has 8 heteroatoms. The molecule has 1 amide bonds. The zero-order chi connectivity index (χ0) is 16.1. The highest BCUT2D eigenvalue weighted by molar-refractivity contribution is 7.18. The number of fused-ring (bicyclic) bond motifs is 3. The van der Waals surface area contributed by atoms with Gasteiger partial charge < -0.3 is 10.6 Å². The molecule has 2 aliphatic rings. The maximum Gasteiger partial charge on any atom is 0.262 e. The van der Waals surface area contributed by atoms with Gasteiger partial charge in [0, 0.05) is 5.56 Å². The standard InChI is InChI=1S/C16H15N5OS2/c22-15-12-9(16(21-15)4-2-1-3-5-16)6-11(23-12)20-14-13-10(7-19-24-13)17-8-18-14/h6-8H,1-5H2,(H,21,22)(H,17,18,20). The molecule has 4 heterocycles. The third kappa shape index (κ3) is 2.06. The first-order valence-electron chi connectivity index (χ1n) is 8.04. The van der Waals surface area contributed by atoms with Crippen LogP contribution in [0.15, 0.2) is 18.6 Å². The van der Waals surface area contributed by atoms with Crippen LogP contribution in [0.1, 0.15) is 47.3 Å². The maximum absolute atomic E-state index is 12.4. The molecule has 122 valence electrons. The Morgan fingerprint density at radius 1 is 1.21 bits per heavy atom. The molecule has 0 atom stereocenters. The fourth-order valence-electron chi connectivity index (χ4n) is 3.77. The van der Waals surface area contributed by atoms with E-state index in [0.717, 1.165) is 44.3 Å². The van der Waals surface area contributed by atoms with Gasteiger partial charge in [-0.15, -0.1) is 11.3 Å². The lowest BCUT2D eigenvalue weighted by atomic mass is 9.78. The summed E-state index contributed by atoms with van der Waals surface area (Å²) < 4.78 is 5.11. The van der Waals surface area contributed by atoms with Crippen molar-refractivity contribution in [2.75, 3.05) is 5.32 Å². The molecule has 0 aromatic carbocycles. The van der Waals surface area contributed by atoms with E-state index in [9.17, 15) is 4.79 Å². The van der Waals surface area contributed by atoms with Gasteiger partial charge in [0.1, 0.15) is 16.5 Å².